The van der Waals surface area contributed by atoms with Gasteiger partial charge in [-0.3, -0.25) is 9.13 Å². The molecule has 88 heavy (non-hydrogen) atoms. The summed E-state index contributed by atoms with van der Waals surface area (Å²) in [7, 11) is 0. The quantitative estimate of drug-likeness (QED) is 0.145. The van der Waals surface area contributed by atoms with Crippen LogP contribution in [0.25, 0.3) is 166 Å². The highest BCUT2D eigenvalue weighted by molar-refractivity contribution is 6.14. The molecular formula is C82H52N6. The molecule has 0 amide bonds. The van der Waals surface area contributed by atoms with E-state index >= 15 is 0 Å². The van der Waals surface area contributed by atoms with Gasteiger partial charge in [-0.05, 0) is 142 Å². The fourth-order valence-electron chi connectivity index (χ4n) is 13.9. The molecule has 0 radical (unpaired) electrons. The lowest BCUT2D eigenvalue weighted by Crippen LogP contribution is -2.07. The van der Waals surface area contributed by atoms with Crippen molar-refractivity contribution in [3.63, 3.8) is 0 Å². The number of para-hydroxylation sites is 6. The zero-order valence-electron chi connectivity index (χ0n) is 47.7. The number of hydrogen-bond acceptors (Lipinski definition) is 2. The molecule has 13 aromatic carbocycles. The number of rotatable bonds is 9. The van der Waals surface area contributed by atoms with Gasteiger partial charge in [0.25, 0.3) is 0 Å². The van der Waals surface area contributed by atoms with Crippen molar-refractivity contribution in [2.24, 2.45) is 0 Å². The van der Waals surface area contributed by atoms with Crippen LogP contribution in [0.15, 0.2) is 315 Å². The highest BCUT2D eigenvalue weighted by Gasteiger charge is 2.23. The molecule has 0 spiro atoms. The Morgan fingerprint density at radius 2 is 0.523 bits per heavy atom. The summed E-state index contributed by atoms with van der Waals surface area (Å²) in [5.74, 6) is 1.35. The molecule has 0 aliphatic carbocycles. The van der Waals surface area contributed by atoms with E-state index < -0.39 is 0 Å². The summed E-state index contributed by atoms with van der Waals surface area (Å²) in [4.78, 5) is 11.5. The van der Waals surface area contributed by atoms with Crippen LogP contribution in [-0.2, 0) is 0 Å². The minimum atomic E-state index is 0.580. The van der Waals surface area contributed by atoms with Gasteiger partial charge in [-0.1, -0.05) is 212 Å². The predicted octanol–water partition coefficient (Wildman–Crippen LogP) is 21.2. The van der Waals surface area contributed by atoms with Crippen LogP contribution < -0.4 is 0 Å². The highest BCUT2D eigenvalue weighted by atomic mass is 15.2. The maximum Gasteiger partial charge on any atom is 0.237 e. The molecule has 18 rings (SSSR count). The van der Waals surface area contributed by atoms with Crippen LogP contribution in [0.4, 0.5) is 0 Å². The van der Waals surface area contributed by atoms with E-state index in [4.69, 9.17) is 9.97 Å². The van der Waals surface area contributed by atoms with Crippen molar-refractivity contribution in [2.45, 2.75) is 0 Å². The van der Waals surface area contributed by atoms with Gasteiger partial charge in [-0.15, -0.1) is 0 Å². The van der Waals surface area contributed by atoms with Crippen LogP contribution in [0.3, 0.4) is 0 Å². The number of nitrogens with zero attached hydrogens (tertiary/aromatic N) is 6. The number of benzene rings is 13. The van der Waals surface area contributed by atoms with E-state index in [1.807, 2.05) is 0 Å². The van der Waals surface area contributed by atoms with Gasteiger partial charge in [0, 0.05) is 66.1 Å². The number of hydrogen-bond donors (Lipinski definition) is 0. The lowest BCUT2D eigenvalue weighted by atomic mass is 9.97. The molecule has 0 unspecified atom stereocenters. The maximum atomic E-state index is 5.80. The van der Waals surface area contributed by atoms with Gasteiger partial charge in [0.05, 0.1) is 49.8 Å². The molecule has 6 heteroatoms. The molecule has 0 aliphatic heterocycles. The molecule has 5 heterocycles. The van der Waals surface area contributed by atoms with Crippen molar-refractivity contribution in [1.29, 1.82) is 0 Å². The second-order valence-electron chi connectivity index (χ2n) is 22.9. The summed E-state index contributed by atoms with van der Waals surface area (Å²) in [6.45, 7) is 0. The third-order valence-electron chi connectivity index (χ3n) is 18.0. The van der Waals surface area contributed by atoms with Crippen molar-refractivity contribution >= 4 is 87.2 Å². The molecule has 410 valence electrons. The SMILES string of the molecule is c1ccc(-c2cccc(-c3cccc(-c4cc(-n5c6ccccc6c6ccc(-c7ccc8c(c7)c7ccccc7n8-c7ccccc7)cc65)nc(-n5c6ccccc6c6ccc(-c7ccc8c(c7)c7ccccc7n8-c7ccccc7)cc65)n4)c3)c2)cc1. The zero-order valence-corrected chi connectivity index (χ0v) is 47.7. The van der Waals surface area contributed by atoms with Gasteiger partial charge in [0.1, 0.15) is 5.82 Å². The molecule has 0 saturated carbocycles. The topological polar surface area (TPSA) is 45.5 Å². The Bertz CT molecular complexity index is 5510. The van der Waals surface area contributed by atoms with Crippen LogP contribution in [-0.4, -0.2) is 28.2 Å². The minimum absolute atomic E-state index is 0.580. The monoisotopic (exact) mass is 1120 g/mol. The number of aromatic nitrogens is 6. The zero-order chi connectivity index (χ0) is 57.8. The first kappa shape index (κ1) is 49.6. The highest BCUT2D eigenvalue weighted by Crippen LogP contribution is 2.42. The van der Waals surface area contributed by atoms with E-state index in [0.717, 1.165) is 105 Å². The van der Waals surface area contributed by atoms with Gasteiger partial charge in [0.15, 0.2) is 0 Å². The Balaban J connectivity index is 0.852. The molecule has 0 saturated heterocycles. The van der Waals surface area contributed by atoms with Crippen LogP contribution >= 0.6 is 0 Å². The second-order valence-corrected chi connectivity index (χ2v) is 22.9. The summed E-state index contributed by atoms with van der Waals surface area (Å²) >= 11 is 0. The summed E-state index contributed by atoms with van der Waals surface area (Å²) in [5.41, 5.74) is 22.0. The molecule has 18 aromatic rings. The fourth-order valence-corrected chi connectivity index (χ4v) is 13.9. The van der Waals surface area contributed by atoms with Gasteiger partial charge in [-0.25, -0.2) is 4.98 Å². The van der Waals surface area contributed by atoms with Crippen molar-refractivity contribution in [3.05, 3.63) is 315 Å². The van der Waals surface area contributed by atoms with Crippen LogP contribution in [0, 0.1) is 0 Å². The maximum absolute atomic E-state index is 5.80. The predicted molar refractivity (Wildman–Crippen MR) is 367 cm³/mol. The van der Waals surface area contributed by atoms with E-state index in [2.05, 4.69) is 334 Å². The molecule has 0 bridgehead atoms. The third-order valence-corrected chi connectivity index (χ3v) is 18.0. The van der Waals surface area contributed by atoms with Crippen molar-refractivity contribution < 1.29 is 0 Å². The van der Waals surface area contributed by atoms with E-state index in [0.29, 0.717) is 5.95 Å². The fraction of sp³-hybridized carbons (Fsp3) is 0. The molecular weight excluding hydrogens is 1070 g/mol. The summed E-state index contributed by atoms with van der Waals surface area (Å²) < 4.78 is 9.39. The average Bonchev–Trinajstić information content (AvgIpc) is 1.76. The number of fused-ring (bicyclic) bond motifs is 12. The Hall–Kier alpha value is -11.9. The first-order chi connectivity index (χ1) is 43.6. The minimum Gasteiger partial charge on any atom is -0.309 e. The summed E-state index contributed by atoms with van der Waals surface area (Å²) in [6.07, 6.45) is 0. The van der Waals surface area contributed by atoms with Crippen LogP contribution in [0.2, 0.25) is 0 Å². The smallest absolute Gasteiger partial charge is 0.237 e. The van der Waals surface area contributed by atoms with Crippen molar-refractivity contribution in [2.75, 3.05) is 0 Å². The second kappa shape index (κ2) is 19.9. The van der Waals surface area contributed by atoms with Crippen LogP contribution in [0.1, 0.15) is 0 Å². The van der Waals surface area contributed by atoms with Gasteiger partial charge >= 0.3 is 0 Å². The first-order valence-electron chi connectivity index (χ1n) is 30.0. The Morgan fingerprint density at radius 1 is 0.182 bits per heavy atom. The molecule has 0 fully saturated rings. The van der Waals surface area contributed by atoms with Crippen molar-refractivity contribution in [3.8, 4) is 78.9 Å². The normalized spacial score (nSPS) is 11.9. The standard InChI is InChI=1S/C82H52N6/c1-4-20-53(21-5-1)54-22-18-23-55(46-54)56-24-19-25-61(47-56)72-52-81(87-75-36-16-10-30-64(75)68-42-38-59(50-79(68)87)57-40-44-77-70(48-57)66-32-12-14-34-73(66)85(77)62-26-6-2-7-27-62)84-82(83-72)88-76-37-17-11-31-65(76)69-43-39-60(51-80(69)88)58-41-45-78-71(49-58)67-33-13-15-35-74(67)86(78)63-28-8-3-9-29-63/h1-52H. The van der Waals surface area contributed by atoms with E-state index in [1.165, 1.54) is 54.7 Å². The molecule has 0 aliphatic rings. The molecule has 0 N–H and O–H groups in total. The summed E-state index contributed by atoms with van der Waals surface area (Å²) in [6, 6.07) is 114. The van der Waals surface area contributed by atoms with Gasteiger partial charge in [0.2, 0.25) is 5.95 Å². The molecule has 0 atom stereocenters. The van der Waals surface area contributed by atoms with Crippen molar-refractivity contribution in [1.82, 2.24) is 28.2 Å². The van der Waals surface area contributed by atoms with E-state index in [-0.39, 0.29) is 0 Å². The average molecular weight is 1120 g/mol. The lowest BCUT2D eigenvalue weighted by molar-refractivity contribution is 0.952. The summed E-state index contributed by atoms with van der Waals surface area (Å²) in [5, 5.41) is 9.41. The molecule has 5 aromatic heterocycles. The van der Waals surface area contributed by atoms with Gasteiger partial charge < -0.3 is 9.13 Å². The van der Waals surface area contributed by atoms with E-state index in [9.17, 15) is 0 Å². The first-order valence-corrected chi connectivity index (χ1v) is 30.0. The third kappa shape index (κ3) is 7.89. The largest absolute Gasteiger partial charge is 0.309 e. The van der Waals surface area contributed by atoms with E-state index in [1.54, 1.807) is 0 Å². The molecule has 6 nitrogen and oxygen atoms in total. The Morgan fingerprint density at radius 3 is 1.05 bits per heavy atom. The Kier molecular flexibility index (Phi) is 11.2. The van der Waals surface area contributed by atoms with Crippen LogP contribution in [0.5, 0.6) is 0 Å². The Labute approximate surface area is 507 Å². The van der Waals surface area contributed by atoms with Gasteiger partial charge in [-0.2, -0.15) is 4.98 Å². The lowest BCUT2D eigenvalue weighted by Gasteiger charge is -2.15.